The van der Waals surface area contributed by atoms with Crippen LogP contribution in [0.5, 0.6) is 0 Å². The fourth-order valence-electron chi connectivity index (χ4n) is 18.8. The van der Waals surface area contributed by atoms with E-state index in [-0.39, 0.29) is 101 Å². The molecule has 8 aromatic heterocycles. The second kappa shape index (κ2) is 31.4. The maximum Gasteiger partial charge on any atom is 0.159 e. The third-order valence-electron chi connectivity index (χ3n) is 24.2. The van der Waals surface area contributed by atoms with Crippen molar-refractivity contribution in [3.63, 3.8) is 0 Å². The van der Waals surface area contributed by atoms with Gasteiger partial charge >= 0.3 is 0 Å². The molecule has 117 heavy (non-hydrogen) atoms. The Balaban J connectivity index is 0.000000108. The van der Waals surface area contributed by atoms with Crippen LogP contribution in [0.2, 0.25) is 39.3 Å². The number of fused-ring (bicyclic) bond motifs is 23. The zero-order chi connectivity index (χ0) is 75.8. The summed E-state index contributed by atoms with van der Waals surface area (Å²) in [4.78, 5) is 34.7. The summed E-state index contributed by atoms with van der Waals surface area (Å²) in [6.07, 6.45) is 9.47. The van der Waals surface area contributed by atoms with E-state index < -0.39 is 39.7 Å². The zero-order valence-electron chi connectivity index (χ0n) is 65.4. The van der Waals surface area contributed by atoms with Crippen molar-refractivity contribution in [1.82, 2.24) is 34.1 Å². The van der Waals surface area contributed by atoms with E-state index in [2.05, 4.69) is 334 Å². The van der Waals surface area contributed by atoms with Crippen molar-refractivity contribution in [1.29, 1.82) is 0 Å². The second-order valence-corrected chi connectivity index (χ2v) is 48.1. The Labute approximate surface area is 754 Å². The Hall–Kier alpha value is -8.82. The molecule has 0 N–H and O–H groups in total. The van der Waals surface area contributed by atoms with Crippen LogP contribution in [0.15, 0.2) is 274 Å². The SMILES string of the molecule is CN1c2ccc[c-]c2-n2c3ncccc3c3cccc1c32.CN1c2ccc[c-]c2N2c3ncccc3N(C)c3cccc1c32.CN1c2cccnc2-n2c3[c-]cccc3c3cccc1c32.C[Si]1(C)c2ccc[c-]c2-p2c3ncccc3c3cccc1c32.C[Si]1(C)c2ccc[c-]c2P2c3ncccc3[Si](C)(C)c3cccc1c32.[Ir].[Ir].[Ir].[Ir].[Ir]. The minimum atomic E-state index is -1.71. The number of hydrogen-bond acceptors (Lipinski definition) is 10. The number of rotatable bonds is 0. The summed E-state index contributed by atoms with van der Waals surface area (Å²) in [6.45, 7) is 14.9. The maximum absolute atomic E-state index is 4.95. The molecule has 0 fully saturated rings. The molecular formula is C95H75Ir5N12P2Si3-5. The van der Waals surface area contributed by atoms with E-state index in [0.717, 1.165) is 56.9 Å². The summed E-state index contributed by atoms with van der Waals surface area (Å²) in [5, 5.41) is 24.5. The van der Waals surface area contributed by atoms with Gasteiger partial charge in [0.15, 0.2) is 11.6 Å². The van der Waals surface area contributed by atoms with Gasteiger partial charge in [0.2, 0.25) is 0 Å². The zero-order valence-corrected chi connectivity index (χ0v) is 82.2. The summed E-state index contributed by atoms with van der Waals surface area (Å²) in [5.41, 5.74) is 18.4. The molecule has 18 aromatic rings. The van der Waals surface area contributed by atoms with E-state index in [0.29, 0.717) is 0 Å². The van der Waals surface area contributed by atoms with Crippen molar-refractivity contribution in [3.8, 4) is 16.8 Å². The molecule has 0 bridgehead atoms. The smallest absolute Gasteiger partial charge is 0.159 e. The summed E-state index contributed by atoms with van der Waals surface area (Å²) >= 11 is 0. The van der Waals surface area contributed by atoms with E-state index in [4.69, 9.17) is 9.97 Å². The molecular weight excluding hydrogens is 2420 g/mol. The number of nitrogens with zero attached hydrogens (tertiary/aromatic N) is 12. The van der Waals surface area contributed by atoms with Gasteiger partial charge in [0, 0.05) is 167 Å². The van der Waals surface area contributed by atoms with Crippen LogP contribution in [0.4, 0.5) is 62.7 Å². The van der Waals surface area contributed by atoms with Crippen LogP contribution in [-0.4, -0.2) is 86.5 Å². The predicted octanol–water partition coefficient (Wildman–Crippen LogP) is 17.8. The van der Waals surface area contributed by atoms with Gasteiger partial charge < -0.3 is 33.6 Å². The Morgan fingerprint density at radius 3 is 1.45 bits per heavy atom. The molecule has 0 amide bonds. The third kappa shape index (κ3) is 12.2. The van der Waals surface area contributed by atoms with Gasteiger partial charge in [-0.25, -0.2) is 15.0 Å². The van der Waals surface area contributed by atoms with Gasteiger partial charge in [-0.1, -0.05) is 142 Å². The molecule has 5 radical (unpaired) electrons. The van der Waals surface area contributed by atoms with Crippen molar-refractivity contribution >= 4 is 214 Å². The van der Waals surface area contributed by atoms with E-state index in [1.54, 1.807) is 36.4 Å². The van der Waals surface area contributed by atoms with Gasteiger partial charge in [-0.15, -0.1) is 38.5 Å². The Bertz CT molecular complexity index is 6690. The first-order valence-corrected chi connectivity index (χ1v) is 49.7. The van der Waals surface area contributed by atoms with Gasteiger partial charge in [0.1, 0.15) is 13.7 Å². The number of benzene rings is 10. The van der Waals surface area contributed by atoms with Gasteiger partial charge in [-0.2, -0.15) is 109 Å². The van der Waals surface area contributed by atoms with Crippen molar-refractivity contribution < 1.29 is 101 Å². The molecule has 0 aliphatic carbocycles. The van der Waals surface area contributed by atoms with E-state index in [9.17, 15) is 0 Å². The molecule has 15 heterocycles. The number of hydrogen-bond donors (Lipinski definition) is 0. The van der Waals surface area contributed by atoms with Gasteiger partial charge in [-0.05, 0) is 144 Å². The normalized spacial score (nSPS) is 14.9. The fourth-order valence-corrected chi connectivity index (χ4v) is 38.8. The molecule has 0 saturated carbocycles. The first kappa shape index (κ1) is 81.9. The van der Waals surface area contributed by atoms with Gasteiger partial charge in [0.05, 0.1) is 77.7 Å². The van der Waals surface area contributed by atoms with Crippen LogP contribution in [0.1, 0.15) is 0 Å². The molecule has 10 aromatic carbocycles. The first-order chi connectivity index (χ1) is 54.6. The van der Waals surface area contributed by atoms with Crippen LogP contribution in [0, 0.1) is 30.3 Å². The number of para-hydroxylation sites is 6. The number of pyridine rings is 5. The van der Waals surface area contributed by atoms with Gasteiger partial charge in [-0.3, -0.25) is 9.97 Å². The molecule has 587 valence electrons. The number of anilines is 11. The molecule has 2 unspecified atom stereocenters. The standard InChI is InChI=1S/C21H21NPSi2.C19H15N4.C19H15NPSi.2C18H12N3.5Ir/c1-24(2)16-10-6-5-9-15(16)23-20-17(24)11-7-12-18(20)25(3,4)19-13-8-14-22-21(19)23;1-21-13-7-3-4-8-14(13)23-18-15(21)9-5-10-16(18)22(2)17-11-6-12-20-19(17)23;1-22(2)16-10-4-3-9-15(16)21-18-13(7-5-11-17(18)22)14-8-6-12-20-19(14)21;1-20-14-8-2-3-9-15(14)21-17-12(6-4-10-16(17)20)13-7-5-11-19-18(13)21;1-20-15-9-4-7-13-12-6-2-3-8-14(12)21(17(13)15)18-16(20)10-5-11-19-18;;;;;/h5-8,10-14H,1-4H3;3-7,9-12H,1-2H3;3-8,10-12H,1-2H3;2-8,10-11H,1H3;2-7,9-11H,1H3;;;;;/q5*-1;;;;;. The van der Waals surface area contributed by atoms with Crippen LogP contribution in [0.25, 0.3) is 81.7 Å². The van der Waals surface area contributed by atoms with Crippen molar-refractivity contribution in [2.24, 2.45) is 0 Å². The van der Waals surface area contributed by atoms with Crippen LogP contribution in [0.3, 0.4) is 0 Å². The number of aromatic nitrogens is 7. The minimum Gasteiger partial charge on any atom is -0.394 e. The van der Waals surface area contributed by atoms with Crippen molar-refractivity contribution in [3.05, 3.63) is 304 Å². The molecule has 0 saturated heterocycles. The van der Waals surface area contributed by atoms with Crippen molar-refractivity contribution in [2.75, 3.05) is 52.7 Å². The summed E-state index contributed by atoms with van der Waals surface area (Å²) < 4.78 is 4.46. The Morgan fingerprint density at radius 2 is 0.735 bits per heavy atom. The first-order valence-electron chi connectivity index (χ1n) is 38.1. The predicted molar refractivity (Wildman–Crippen MR) is 479 cm³/mol. The minimum absolute atomic E-state index is 0. The maximum atomic E-state index is 4.95. The molecule has 7 aliphatic heterocycles. The van der Waals surface area contributed by atoms with Crippen molar-refractivity contribution in [2.45, 2.75) is 39.3 Å². The van der Waals surface area contributed by atoms with Crippen LogP contribution in [-0.2, 0) is 101 Å². The molecule has 22 heteroatoms. The van der Waals surface area contributed by atoms with Crippen LogP contribution < -0.4 is 71.7 Å². The van der Waals surface area contributed by atoms with E-state index >= 15 is 0 Å². The topological polar surface area (TPSA) is 90.5 Å². The average Bonchev–Trinajstić information content (AvgIpc) is 1.13. The Kier molecular flexibility index (Phi) is 22.0. The summed E-state index contributed by atoms with van der Waals surface area (Å²) in [5.74, 6) is 1.92. The summed E-state index contributed by atoms with van der Waals surface area (Å²) in [7, 11) is 2.28. The largest absolute Gasteiger partial charge is 0.394 e. The second-order valence-electron chi connectivity index (χ2n) is 31.1. The van der Waals surface area contributed by atoms with E-state index in [1.165, 1.54) is 98.3 Å². The molecule has 12 nitrogen and oxygen atoms in total. The summed E-state index contributed by atoms with van der Waals surface area (Å²) in [6, 6.07) is 103. The monoisotopic (exact) mass is 2490 g/mol. The Morgan fingerprint density at radius 1 is 0.316 bits per heavy atom. The fraction of sp³-hybridized carbons (Fsp3) is 0.105. The quantitative estimate of drug-likeness (QED) is 0.0831. The molecule has 7 aliphatic rings. The van der Waals surface area contributed by atoms with Gasteiger partial charge in [0.25, 0.3) is 0 Å². The molecule has 0 spiro atoms. The third-order valence-corrected chi connectivity index (χ3v) is 41.1. The molecule has 2 atom stereocenters. The van der Waals surface area contributed by atoms with E-state index in [1.807, 2.05) is 85.6 Å². The van der Waals surface area contributed by atoms with Crippen LogP contribution >= 0.6 is 15.5 Å². The molecule has 25 rings (SSSR count). The average molecular weight is 2490 g/mol.